The van der Waals surface area contributed by atoms with Crippen LogP contribution in [0, 0.1) is 5.82 Å². The van der Waals surface area contributed by atoms with Crippen molar-refractivity contribution in [2.75, 3.05) is 18.4 Å². The maximum atomic E-state index is 13.5. The van der Waals surface area contributed by atoms with E-state index in [1.165, 1.54) is 39.9 Å². The largest absolute Gasteiger partial charge is 0.416 e. The Morgan fingerprint density at radius 2 is 1.66 bits per heavy atom. The zero-order valence-electron chi connectivity index (χ0n) is 20.4. The molecule has 0 saturated heterocycles. The standard InChI is InChI=1S/C28H24F4N4O2/c1-2-15-35(27(38)20-9-6-10-21(16-20)28(30,31)32)18-26(37)33-25-17-24(19-7-4-3-5-8-19)34-36(25)23-13-11-22(29)12-14-23/h3-14,16-17H,2,15,18H2,1H3,(H,33,37). The van der Waals surface area contributed by atoms with Crippen LogP contribution in [0.3, 0.4) is 0 Å². The highest BCUT2D eigenvalue weighted by Gasteiger charge is 2.31. The fourth-order valence-corrected chi connectivity index (χ4v) is 3.89. The van der Waals surface area contributed by atoms with E-state index >= 15 is 0 Å². The van der Waals surface area contributed by atoms with Crippen molar-refractivity contribution < 1.29 is 27.2 Å². The summed E-state index contributed by atoms with van der Waals surface area (Å²) in [7, 11) is 0. The number of amides is 2. The molecule has 38 heavy (non-hydrogen) atoms. The van der Waals surface area contributed by atoms with Crippen LogP contribution in [0.2, 0.25) is 0 Å². The van der Waals surface area contributed by atoms with E-state index in [1.807, 2.05) is 30.3 Å². The summed E-state index contributed by atoms with van der Waals surface area (Å²) in [5.74, 6) is -1.41. The highest BCUT2D eigenvalue weighted by Crippen LogP contribution is 2.30. The minimum atomic E-state index is -4.60. The van der Waals surface area contributed by atoms with E-state index in [1.54, 1.807) is 13.0 Å². The Morgan fingerprint density at radius 1 is 0.947 bits per heavy atom. The van der Waals surface area contributed by atoms with Crippen molar-refractivity contribution in [1.82, 2.24) is 14.7 Å². The minimum Gasteiger partial charge on any atom is -0.329 e. The number of halogens is 4. The SMILES string of the molecule is CCCN(CC(=O)Nc1cc(-c2ccccc2)nn1-c1ccc(F)cc1)C(=O)c1cccc(C(F)(F)F)c1. The molecule has 196 valence electrons. The average molecular weight is 525 g/mol. The fraction of sp³-hybridized carbons (Fsp3) is 0.179. The molecule has 0 saturated carbocycles. The van der Waals surface area contributed by atoms with Gasteiger partial charge in [-0.2, -0.15) is 18.3 Å². The number of aromatic nitrogens is 2. The second-order valence-corrected chi connectivity index (χ2v) is 8.52. The summed E-state index contributed by atoms with van der Waals surface area (Å²) < 4.78 is 54.4. The van der Waals surface area contributed by atoms with Gasteiger partial charge in [0.2, 0.25) is 5.91 Å². The molecule has 4 rings (SSSR count). The monoisotopic (exact) mass is 524 g/mol. The molecule has 0 atom stereocenters. The first kappa shape index (κ1) is 26.6. The fourth-order valence-electron chi connectivity index (χ4n) is 3.89. The van der Waals surface area contributed by atoms with Gasteiger partial charge in [0.1, 0.15) is 18.2 Å². The molecule has 4 aromatic rings. The number of nitrogens with one attached hydrogen (secondary N) is 1. The number of alkyl halides is 3. The summed E-state index contributed by atoms with van der Waals surface area (Å²) in [6.07, 6.45) is -4.11. The van der Waals surface area contributed by atoms with Crippen molar-refractivity contribution in [2.24, 2.45) is 0 Å². The Hall–Kier alpha value is -4.47. The first-order valence-electron chi connectivity index (χ1n) is 11.8. The Kier molecular flexibility index (Phi) is 7.90. The molecule has 1 aromatic heterocycles. The molecule has 0 aliphatic rings. The second kappa shape index (κ2) is 11.3. The number of rotatable bonds is 8. The van der Waals surface area contributed by atoms with Gasteiger partial charge in [0.15, 0.2) is 0 Å². The van der Waals surface area contributed by atoms with Crippen LogP contribution in [-0.4, -0.2) is 39.6 Å². The van der Waals surface area contributed by atoms with E-state index in [0.717, 1.165) is 23.8 Å². The molecule has 0 fully saturated rings. The van der Waals surface area contributed by atoms with Crippen molar-refractivity contribution in [1.29, 1.82) is 0 Å². The number of anilines is 1. The van der Waals surface area contributed by atoms with Crippen LogP contribution in [0.1, 0.15) is 29.3 Å². The summed E-state index contributed by atoms with van der Waals surface area (Å²) in [5, 5.41) is 7.30. The summed E-state index contributed by atoms with van der Waals surface area (Å²) in [4.78, 5) is 27.3. The van der Waals surface area contributed by atoms with Crippen molar-refractivity contribution in [3.63, 3.8) is 0 Å². The lowest BCUT2D eigenvalue weighted by Gasteiger charge is -2.22. The summed E-state index contributed by atoms with van der Waals surface area (Å²) in [5.41, 5.74) is 0.728. The molecule has 0 aliphatic heterocycles. The average Bonchev–Trinajstić information content (AvgIpc) is 3.32. The van der Waals surface area contributed by atoms with Gasteiger partial charge in [0.25, 0.3) is 5.91 Å². The lowest BCUT2D eigenvalue weighted by Crippen LogP contribution is -2.38. The maximum Gasteiger partial charge on any atom is 0.416 e. The van der Waals surface area contributed by atoms with E-state index in [0.29, 0.717) is 17.8 Å². The molecule has 0 bridgehead atoms. The first-order chi connectivity index (χ1) is 18.2. The predicted molar refractivity (Wildman–Crippen MR) is 135 cm³/mol. The van der Waals surface area contributed by atoms with Crippen LogP contribution in [-0.2, 0) is 11.0 Å². The van der Waals surface area contributed by atoms with Crippen molar-refractivity contribution >= 4 is 17.6 Å². The zero-order chi connectivity index (χ0) is 27.3. The van der Waals surface area contributed by atoms with E-state index in [2.05, 4.69) is 10.4 Å². The van der Waals surface area contributed by atoms with Crippen LogP contribution in [0.25, 0.3) is 16.9 Å². The molecule has 0 spiro atoms. The van der Waals surface area contributed by atoms with Gasteiger partial charge in [-0.3, -0.25) is 9.59 Å². The van der Waals surface area contributed by atoms with Crippen LogP contribution in [0.5, 0.6) is 0 Å². The zero-order valence-corrected chi connectivity index (χ0v) is 20.4. The molecule has 2 amide bonds. The first-order valence-corrected chi connectivity index (χ1v) is 11.8. The van der Waals surface area contributed by atoms with Gasteiger partial charge in [-0.1, -0.05) is 43.3 Å². The van der Waals surface area contributed by atoms with Gasteiger partial charge in [0, 0.05) is 23.7 Å². The molecule has 3 aromatic carbocycles. The number of nitrogens with zero attached hydrogens (tertiary/aromatic N) is 3. The molecule has 0 unspecified atom stereocenters. The number of benzene rings is 3. The third-order valence-corrected chi connectivity index (χ3v) is 5.67. The van der Waals surface area contributed by atoms with Gasteiger partial charge >= 0.3 is 6.18 Å². The Bertz CT molecular complexity index is 1420. The molecule has 6 nitrogen and oxygen atoms in total. The highest BCUT2D eigenvalue weighted by atomic mass is 19.4. The molecule has 1 N–H and O–H groups in total. The van der Waals surface area contributed by atoms with E-state index in [9.17, 15) is 27.2 Å². The second-order valence-electron chi connectivity index (χ2n) is 8.52. The Balaban J connectivity index is 1.59. The molecule has 1 heterocycles. The lowest BCUT2D eigenvalue weighted by molar-refractivity contribution is -0.137. The number of carbonyl (C=O) groups excluding carboxylic acids is 2. The van der Waals surface area contributed by atoms with Crippen LogP contribution in [0.4, 0.5) is 23.4 Å². The quantitative estimate of drug-likeness (QED) is 0.280. The smallest absolute Gasteiger partial charge is 0.329 e. The molecular weight excluding hydrogens is 500 g/mol. The van der Waals surface area contributed by atoms with Gasteiger partial charge in [-0.15, -0.1) is 0 Å². The molecule has 0 aliphatic carbocycles. The Labute approximate surface area is 216 Å². The molecule has 10 heteroatoms. The van der Waals surface area contributed by atoms with Gasteiger partial charge in [0.05, 0.1) is 16.9 Å². The topological polar surface area (TPSA) is 67.2 Å². The third-order valence-electron chi connectivity index (χ3n) is 5.67. The van der Waals surface area contributed by atoms with Crippen molar-refractivity contribution in [3.8, 4) is 16.9 Å². The predicted octanol–water partition coefficient (Wildman–Crippen LogP) is 6.19. The lowest BCUT2D eigenvalue weighted by atomic mass is 10.1. The minimum absolute atomic E-state index is 0.162. The Morgan fingerprint density at radius 3 is 2.32 bits per heavy atom. The van der Waals surface area contributed by atoms with Crippen LogP contribution < -0.4 is 5.32 Å². The summed E-state index contributed by atoms with van der Waals surface area (Å²) >= 11 is 0. The maximum absolute atomic E-state index is 13.5. The van der Waals surface area contributed by atoms with Crippen molar-refractivity contribution in [2.45, 2.75) is 19.5 Å². The van der Waals surface area contributed by atoms with Gasteiger partial charge in [-0.25, -0.2) is 9.07 Å². The van der Waals surface area contributed by atoms with Crippen LogP contribution in [0.15, 0.2) is 84.9 Å². The third kappa shape index (κ3) is 6.26. The summed E-state index contributed by atoms with van der Waals surface area (Å²) in [6.45, 7) is 1.56. The number of hydrogen-bond acceptors (Lipinski definition) is 3. The van der Waals surface area contributed by atoms with E-state index < -0.39 is 35.9 Å². The van der Waals surface area contributed by atoms with Gasteiger partial charge < -0.3 is 10.2 Å². The molecular formula is C28H24F4N4O2. The summed E-state index contributed by atoms with van der Waals surface area (Å²) in [6, 6.07) is 20.5. The van der Waals surface area contributed by atoms with Gasteiger partial charge in [-0.05, 0) is 48.9 Å². The molecule has 0 radical (unpaired) electrons. The number of hydrogen-bond donors (Lipinski definition) is 1. The number of carbonyl (C=O) groups is 2. The van der Waals surface area contributed by atoms with Crippen molar-refractivity contribution in [3.05, 3.63) is 102 Å². The van der Waals surface area contributed by atoms with E-state index in [4.69, 9.17) is 0 Å². The van der Waals surface area contributed by atoms with Crippen LogP contribution >= 0.6 is 0 Å². The highest BCUT2D eigenvalue weighted by molar-refractivity contribution is 5.99. The normalized spacial score (nSPS) is 11.3. The van der Waals surface area contributed by atoms with E-state index in [-0.39, 0.29) is 17.9 Å².